The van der Waals surface area contributed by atoms with Crippen molar-refractivity contribution in [2.75, 3.05) is 4.90 Å². The quantitative estimate of drug-likeness (QED) is 0.220. The fourth-order valence-corrected chi connectivity index (χ4v) is 6.17. The van der Waals surface area contributed by atoms with Gasteiger partial charge in [0.25, 0.3) is 0 Å². The fraction of sp³-hybridized carbons (Fsp3) is 0. The van der Waals surface area contributed by atoms with E-state index in [1.165, 1.54) is 59.5 Å². The second kappa shape index (κ2) is 8.72. The third kappa shape index (κ3) is 3.48. The average molecular weight is 496 g/mol. The topological polar surface area (TPSA) is 3.24 Å². The molecule has 39 heavy (non-hydrogen) atoms. The minimum atomic E-state index is 1.14. The lowest BCUT2D eigenvalue weighted by atomic mass is 9.92. The highest BCUT2D eigenvalue weighted by molar-refractivity contribution is 6.27. The van der Waals surface area contributed by atoms with Gasteiger partial charge in [0.2, 0.25) is 0 Å². The van der Waals surface area contributed by atoms with Gasteiger partial charge in [-0.1, -0.05) is 121 Å². The maximum absolute atomic E-state index is 2.41. The number of hydrogen-bond donors (Lipinski definition) is 0. The molecule has 8 aromatic rings. The van der Waals surface area contributed by atoms with E-state index in [1.54, 1.807) is 0 Å². The number of para-hydroxylation sites is 1. The van der Waals surface area contributed by atoms with Crippen molar-refractivity contribution in [3.05, 3.63) is 152 Å². The van der Waals surface area contributed by atoms with Gasteiger partial charge in [0.15, 0.2) is 0 Å². The minimum absolute atomic E-state index is 1.14. The molecule has 0 bridgehead atoms. The van der Waals surface area contributed by atoms with Crippen molar-refractivity contribution in [1.82, 2.24) is 0 Å². The smallest absolute Gasteiger partial charge is 0.0546 e. The van der Waals surface area contributed by atoms with Crippen LogP contribution < -0.4 is 4.90 Å². The first kappa shape index (κ1) is 21.9. The highest BCUT2D eigenvalue weighted by Crippen LogP contribution is 2.45. The summed E-state index contributed by atoms with van der Waals surface area (Å²) in [5, 5.41) is 12.7. The van der Waals surface area contributed by atoms with Crippen LogP contribution in [0.5, 0.6) is 0 Å². The molecule has 0 atom stereocenters. The predicted molar refractivity (Wildman–Crippen MR) is 169 cm³/mol. The molecule has 182 valence electrons. The summed E-state index contributed by atoms with van der Waals surface area (Å²) in [6, 6.07) is 55.1. The molecule has 8 aromatic carbocycles. The van der Waals surface area contributed by atoms with Gasteiger partial charge in [0.05, 0.1) is 5.69 Å². The van der Waals surface area contributed by atoms with Crippen LogP contribution in [0.3, 0.4) is 0 Å². The molecule has 0 saturated heterocycles. The van der Waals surface area contributed by atoms with Gasteiger partial charge in [-0.05, 0) is 78.8 Å². The highest BCUT2D eigenvalue weighted by Gasteiger charge is 2.19. The monoisotopic (exact) mass is 495 g/mol. The van der Waals surface area contributed by atoms with Crippen LogP contribution in [0.4, 0.5) is 17.1 Å². The summed E-state index contributed by atoms with van der Waals surface area (Å²) in [7, 11) is 0. The molecule has 0 heterocycles. The lowest BCUT2D eigenvalue weighted by Crippen LogP contribution is -2.10. The van der Waals surface area contributed by atoms with Crippen molar-refractivity contribution >= 4 is 70.9 Å². The summed E-state index contributed by atoms with van der Waals surface area (Å²) in [5.74, 6) is 0. The molecular formula is C38H25N. The van der Waals surface area contributed by atoms with Gasteiger partial charge in [0.1, 0.15) is 0 Å². The van der Waals surface area contributed by atoms with Gasteiger partial charge in [0, 0.05) is 16.8 Å². The second-order valence-corrected chi connectivity index (χ2v) is 10.2. The molecule has 0 amide bonds. The van der Waals surface area contributed by atoms with Crippen LogP contribution in [0, 0.1) is 0 Å². The van der Waals surface area contributed by atoms with Gasteiger partial charge in [-0.25, -0.2) is 0 Å². The van der Waals surface area contributed by atoms with Crippen molar-refractivity contribution in [2.45, 2.75) is 0 Å². The van der Waals surface area contributed by atoms with E-state index in [0.29, 0.717) is 0 Å². The van der Waals surface area contributed by atoms with E-state index in [-0.39, 0.29) is 0 Å². The van der Waals surface area contributed by atoms with Gasteiger partial charge in [-0.2, -0.15) is 0 Å². The lowest BCUT2D eigenvalue weighted by molar-refractivity contribution is 1.31. The van der Waals surface area contributed by atoms with E-state index in [1.807, 2.05) is 0 Å². The Morgan fingerprint density at radius 3 is 1.77 bits per heavy atom. The SMILES string of the molecule is c1ccc(N(c2ccc3ccccc3c2)c2cc3ccccc3c3c2ccc2c4ccccc4ccc23)cc1. The fourth-order valence-electron chi connectivity index (χ4n) is 6.17. The van der Waals surface area contributed by atoms with Crippen LogP contribution in [0.15, 0.2) is 152 Å². The number of hydrogen-bond acceptors (Lipinski definition) is 1. The van der Waals surface area contributed by atoms with Crippen LogP contribution in [0.25, 0.3) is 53.9 Å². The molecule has 0 radical (unpaired) electrons. The van der Waals surface area contributed by atoms with Crippen LogP contribution in [-0.4, -0.2) is 0 Å². The van der Waals surface area contributed by atoms with E-state index in [0.717, 1.165) is 11.4 Å². The Morgan fingerprint density at radius 2 is 0.923 bits per heavy atom. The molecule has 1 heteroatoms. The lowest BCUT2D eigenvalue weighted by Gasteiger charge is -2.28. The average Bonchev–Trinajstić information content (AvgIpc) is 3.01. The Labute approximate surface area is 227 Å². The maximum atomic E-state index is 2.41. The normalized spacial score (nSPS) is 11.6. The first-order chi connectivity index (χ1) is 19.3. The van der Waals surface area contributed by atoms with E-state index in [2.05, 4.69) is 157 Å². The third-order valence-corrected chi connectivity index (χ3v) is 7.97. The zero-order valence-electron chi connectivity index (χ0n) is 21.4. The van der Waals surface area contributed by atoms with Gasteiger partial charge in [-0.15, -0.1) is 0 Å². The molecule has 0 aliphatic rings. The number of fused-ring (bicyclic) bond motifs is 8. The van der Waals surface area contributed by atoms with E-state index < -0.39 is 0 Å². The zero-order valence-corrected chi connectivity index (χ0v) is 21.4. The molecule has 0 unspecified atom stereocenters. The second-order valence-electron chi connectivity index (χ2n) is 10.2. The van der Waals surface area contributed by atoms with E-state index >= 15 is 0 Å². The third-order valence-electron chi connectivity index (χ3n) is 7.97. The molecule has 1 nitrogen and oxygen atoms in total. The van der Waals surface area contributed by atoms with E-state index in [9.17, 15) is 0 Å². The van der Waals surface area contributed by atoms with Crippen LogP contribution in [0.2, 0.25) is 0 Å². The molecule has 0 aliphatic heterocycles. The summed E-state index contributed by atoms with van der Waals surface area (Å²) in [5.41, 5.74) is 3.47. The summed E-state index contributed by atoms with van der Waals surface area (Å²) in [6.07, 6.45) is 0. The van der Waals surface area contributed by atoms with Crippen molar-refractivity contribution in [2.24, 2.45) is 0 Å². The summed E-state index contributed by atoms with van der Waals surface area (Å²) >= 11 is 0. The van der Waals surface area contributed by atoms with E-state index in [4.69, 9.17) is 0 Å². The predicted octanol–water partition coefficient (Wildman–Crippen LogP) is 10.9. The van der Waals surface area contributed by atoms with Crippen LogP contribution in [-0.2, 0) is 0 Å². The Bertz CT molecular complexity index is 2180. The number of nitrogens with zero attached hydrogens (tertiary/aromatic N) is 1. The Morgan fingerprint density at radius 1 is 0.308 bits per heavy atom. The summed E-state index contributed by atoms with van der Waals surface area (Å²) in [6.45, 7) is 0. The Kier molecular flexibility index (Phi) is 4.89. The van der Waals surface area contributed by atoms with Gasteiger partial charge < -0.3 is 4.90 Å². The van der Waals surface area contributed by atoms with Gasteiger partial charge >= 0.3 is 0 Å². The Hall–Kier alpha value is -5.14. The van der Waals surface area contributed by atoms with Crippen LogP contribution >= 0.6 is 0 Å². The molecule has 0 spiro atoms. The first-order valence-corrected chi connectivity index (χ1v) is 13.5. The van der Waals surface area contributed by atoms with Crippen LogP contribution in [0.1, 0.15) is 0 Å². The largest absolute Gasteiger partial charge is 0.310 e. The number of anilines is 3. The first-order valence-electron chi connectivity index (χ1n) is 13.5. The number of rotatable bonds is 3. The van der Waals surface area contributed by atoms with Crippen molar-refractivity contribution in [1.29, 1.82) is 0 Å². The molecule has 0 aromatic heterocycles. The summed E-state index contributed by atoms with van der Waals surface area (Å²) < 4.78 is 0. The summed E-state index contributed by atoms with van der Waals surface area (Å²) in [4.78, 5) is 2.41. The highest BCUT2D eigenvalue weighted by atomic mass is 15.1. The minimum Gasteiger partial charge on any atom is -0.310 e. The van der Waals surface area contributed by atoms with Crippen molar-refractivity contribution < 1.29 is 0 Å². The van der Waals surface area contributed by atoms with Crippen molar-refractivity contribution in [3.8, 4) is 0 Å². The number of benzene rings is 8. The molecule has 0 saturated carbocycles. The van der Waals surface area contributed by atoms with Gasteiger partial charge in [-0.3, -0.25) is 0 Å². The molecule has 0 fully saturated rings. The Balaban J connectivity index is 1.51. The maximum Gasteiger partial charge on any atom is 0.0546 e. The zero-order chi connectivity index (χ0) is 25.8. The molecular weight excluding hydrogens is 470 g/mol. The standard InChI is InChI=1S/C38H25N/c1-2-14-30(15-3-1)39(31-20-18-26-10-4-5-12-28(26)24-31)37-25-29-13-7-9-17-33(29)38-35-21-19-27-11-6-8-16-32(27)34(35)22-23-36(37)38/h1-25H. The molecule has 0 N–H and O–H groups in total. The van der Waals surface area contributed by atoms with Crippen molar-refractivity contribution in [3.63, 3.8) is 0 Å². The molecule has 8 rings (SSSR count). The molecule has 0 aliphatic carbocycles.